The first-order valence-electron chi connectivity index (χ1n) is 9.23. The lowest BCUT2D eigenvalue weighted by Gasteiger charge is -2.16. The van der Waals surface area contributed by atoms with Crippen molar-refractivity contribution in [3.63, 3.8) is 0 Å². The Morgan fingerprint density at radius 3 is 2.48 bits per heavy atom. The van der Waals surface area contributed by atoms with Crippen molar-refractivity contribution in [2.75, 3.05) is 18.8 Å². The molecule has 0 fully saturated rings. The zero-order valence-electron chi connectivity index (χ0n) is 15.5. The lowest BCUT2D eigenvalue weighted by molar-refractivity contribution is -0.137. The van der Waals surface area contributed by atoms with Gasteiger partial charge in [-0.25, -0.2) is 9.97 Å². The maximum atomic E-state index is 13.5. The van der Waals surface area contributed by atoms with E-state index in [2.05, 4.69) is 21.4 Å². The third-order valence-electron chi connectivity index (χ3n) is 4.88. The zero-order valence-corrected chi connectivity index (χ0v) is 15.5. The number of nitrogen functional groups attached to an aromatic ring is 1. The van der Waals surface area contributed by atoms with Gasteiger partial charge in [-0.3, -0.25) is 0 Å². The molecular formula is C22H19F3N4. The van der Waals surface area contributed by atoms with Crippen molar-refractivity contribution in [3.8, 4) is 22.5 Å². The van der Waals surface area contributed by atoms with Gasteiger partial charge in [0.05, 0.1) is 22.5 Å². The molecule has 148 valence electrons. The molecule has 0 saturated carbocycles. The molecule has 1 aliphatic rings. The van der Waals surface area contributed by atoms with E-state index < -0.39 is 11.7 Å². The normalized spacial score (nSPS) is 14.5. The molecule has 0 spiro atoms. The molecule has 1 aromatic carbocycles. The summed E-state index contributed by atoms with van der Waals surface area (Å²) < 4.78 is 40.4. The number of aromatic nitrogens is 2. The fourth-order valence-electron chi connectivity index (χ4n) is 3.48. The highest BCUT2D eigenvalue weighted by molar-refractivity contribution is 5.77. The number of halogens is 3. The van der Waals surface area contributed by atoms with E-state index in [0.717, 1.165) is 42.9 Å². The summed E-state index contributed by atoms with van der Waals surface area (Å²) in [5.74, 6) is -0.196. The van der Waals surface area contributed by atoms with Crippen LogP contribution in [0, 0.1) is 0 Å². The molecule has 3 aromatic rings. The summed E-state index contributed by atoms with van der Waals surface area (Å²) in [4.78, 5) is 8.31. The number of hydrogen-bond donors (Lipinski definition) is 2. The van der Waals surface area contributed by atoms with Crippen LogP contribution in [-0.2, 0) is 6.18 Å². The van der Waals surface area contributed by atoms with E-state index in [1.54, 1.807) is 12.1 Å². The van der Waals surface area contributed by atoms with Crippen LogP contribution in [-0.4, -0.2) is 23.1 Å². The number of pyridine rings is 2. The van der Waals surface area contributed by atoms with E-state index >= 15 is 0 Å². The molecule has 0 atom stereocenters. The second kappa shape index (κ2) is 7.67. The molecule has 1 aliphatic heterocycles. The van der Waals surface area contributed by atoms with E-state index in [4.69, 9.17) is 5.73 Å². The van der Waals surface area contributed by atoms with Crippen molar-refractivity contribution in [2.24, 2.45) is 0 Å². The number of rotatable bonds is 3. The average molecular weight is 396 g/mol. The van der Waals surface area contributed by atoms with Gasteiger partial charge in [-0.05, 0) is 48.4 Å². The minimum atomic E-state index is -4.55. The van der Waals surface area contributed by atoms with Gasteiger partial charge in [-0.15, -0.1) is 0 Å². The van der Waals surface area contributed by atoms with Gasteiger partial charge in [0, 0.05) is 18.3 Å². The Hall–Kier alpha value is -3.19. The molecule has 7 heteroatoms. The highest BCUT2D eigenvalue weighted by Crippen LogP contribution is 2.39. The van der Waals surface area contributed by atoms with Crippen LogP contribution in [0.25, 0.3) is 28.1 Å². The topological polar surface area (TPSA) is 63.8 Å². The lowest BCUT2D eigenvalue weighted by Crippen LogP contribution is -2.19. The molecule has 0 unspecified atom stereocenters. The number of nitrogens with two attached hydrogens (primary N) is 1. The standard InChI is InChI=1S/C22H19F3N4/c23-22(24,25)17-9-12-28-21(26)20(17)19-6-2-5-18(29-19)16-4-1-3-15(13-16)14-7-10-27-11-8-14/h1-7,9,12-13,27H,8,10-11H2,(H2,26,28). The summed E-state index contributed by atoms with van der Waals surface area (Å²) in [6, 6.07) is 13.8. The van der Waals surface area contributed by atoms with Gasteiger partial charge in [0.15, 0.2) is 0 Å². The summed E-state index contributed by atoms with van der Waals surface area (Å²) in [7, 11) is 0. The smallest absolute Gasteiger partial charge is 0.383 e. The summed E-state index contributed by atoms with van der Waals surface area (Å²) in [5, 5.41) is 3.28. The first kappa shape index (κ1) is 19.1. The van der Waals surface area contributed by atoms with Crippen molar-refractivity contribution >= 4 is 11.4 Å². The molecule has 0 bridgehead atoms. The summed E-state index contributed by atoms with van der Waals surface area (Å²) in [6.45, 7) is 1.75. The van der Waals surface area contributed by atoms with Crippen molar-refractivity contribution in [3.05, 3.63) is 71.9 Å². The predicted octanol–water partition coefficient (Wildman–Crippen LogP) is 4.79. The number of hydrogen-bond acceptors (Lipinski definition) is 4. The van der Waals surface area contributed by atoms with Gasteiger partial charge in [-0.1, -0.05) is 30.3 Å². The van der Waals surface area contributed by atoms with Gasteiger partial charge < -0.3 is 11.1 Å². The van der Waals surface area contributed by atoms with Crippen LogP contribution < -0.4 is 11.1 Å². The molecule has 4 rings (SSSR count). The fourth-order valence-corrected chi connectivity index (χ4v) is 3.48. The molecule has 4 nitrogen and oxygen atoms in total. The maximum absolute atomic E-state index is 13.5. The second-order valence-corrected chi connectivity index (χ2v) is 6.79. The lowest BCUT2D eigenvalue weighted by atomic mass is 9.97. The van der Waals surface area contributed by atoms with E-state index in [0.29, 0.717) is 5.69 Å². The van der Waals surface area contributed by atoms with Crippen LogP contribution >= 0.6 is 0 Å². The van der Waals surface area contributed by atoms with Crippen LogP contribution in [0.15, 0.2) is 60.8 Å². The van der Waals surface area contributed by atoms with Crippen molar-refractivity contribution < 1.29 is 13.2 Å². The first-order chi connectivity index (χ1) is 13.9. The number of nitrogens with one attached hydrogen (secondary N) is 1. The van der Waals surface area contributed by atoms with Crippen LogP contribution in [0.3, 0.4) is 0 Å². The summed E-state index contributed by atoms with van der Waals surface area (Å²) in [5.41, 5.74) is 8.65. The third kappa shape index (κ3) is 4.00. The van der Waals surface area contributed by atoms with Crippen LogP contribution in [0.4, 0.5) is 19.0 Å². The van der Waals surface area contributed by atoms with Crippen molar-refractivity contribution in [2.45, 2.75) is 12.6 Å². The van der Waals surface area contributed by atoms with Gasteiger partial charge in [-0.2, -0.15) is 13.2 Å². The quantitative estimate of drug-likeness (QED) is 0.668. The molecule has 3 heterocycles. The second-order valence-electron chi connectivity index (χ2n) is 6.79. The SMILES string of the molecule is Nc1nccc(C(F)(F)F)c1-c1cccc(-c2cccc(C3=CCNCC3)c2)n1. The molecule has 0 aliphatic carbocycles. The van der Waals surface area contributed by atoms with Crippen molar-refractivity contribution in [1.82, 2.24) is 15.3 Å². The minimum absolute atomic E-state index is 0.145. The summed E-state index contributed by atoms with van der Waals surface area (Å²) in [6.07, 6.45) is -0.413. The van der Waals surface area contributed by atoms with Crippen LogP contribution in [0.2, 0.25) is 0 Å². The van der Waals surface area contributed by atoms with E-state index in [1.807, 2.05) is 24.3 Å². The van der Waals surface area contributed by atoms with Crippen LogP contribution in [0.1, 0.15) is 17.5 Å². The molecule has 29 heavy (non-hydrogen) atoms. The molecule has 0 radical (unpaired) electrons. The Morgan fingerprint density at radius 2 is 1.72 bits per heavy atom. The Bertz CT molecular complexity index is 1070. The highest BCUT2D eigenvalue weighted by Gasteiger charge is 2.35. The van der Waals surface area contributed by atoms with Gasteiger partial charge in [0.1, 0.15) is 5.82 Å². The highest BCUT2D eigenvalue weighted by atomic mass is 19.4. The van der Waals surface area contributed by atoms with Gasteiger partial charge in [0.25, 0.3) is 0 Å². The monoisotopic (exact) mass is 396 g/mol. The molecule has 0 amide bonds. The molecule has 2 aromatic heterocycles. The average Bonchev–Trinajstić information content (AvgIpc) is 2.74. The Labute approximate surface area is 166 Å². The number of benzene rings is 1. The van der Waals surface area contributed by atoms with E-state index in [-0.39, 0.29) is 17.1 Å². The number of nitrogens with zero attached hydrogens (tertiary/aromatic N) is 2. The number of anilines is 1. The molecule has 3 N–H and O–H groups in total. The fraction of sp³-hybridized carbons (Fsp3) is 0.182. The van der Waals surface area contributed by atoms with Gasteiger partial charge in [0.2, 0.25) is 0 Å². The summed E-state index contributed by atoms with van der Waals surface area (Å²) >= 11 is 0. The maximum Gasteiger partial charge on any atom is 0.417 e. The Kier molecular flexibility index (Phi) is 5.07. The Morgan fingerprint density at radius 1 is 0.966 bits per heavy atom. The minimum Gasteiger partial charge on any atom is -0.383 e. The van der Waals surface area contributed by atoms with E-state index in [1.165, 1.54) is 11.6 Å². The van der Waals surface area contributed by atoms with Gasteiger partial charge >= 0.3 is 6.18 Å². The predicted molar refractivity (Wildman–Crippen MR) is 108 cm³/mol. The molecule has 0 saturated heterocycles. The first-order valence-corrected chi connectivity index (χ1v) is 9.23. The van der Waals surface area contributed by atoms with Crippen molar-refractivity contribution in [1.29, 1.82) is 0 Å². The van der Waals surface area contributed by atoms with Crippen LogP contribution in [0.5, 0.6) is 0 Å². The largest absolute Gasteiger partial charge is 0.417 e. The Balaban J connectivity index is 1.78. The zero-order chi connectivity index (χ0) is 20.4. The molecular weight excluding hydrogens is 377 g/mol. The van der Waals surface area contributed by atoms with E-state index in [9.17, 15) is 13.2 Å². The number of alkyl halides is 3. The third-order valence-corrected chi connectivity index (χ3v) is 4.88.